The van der Waals surface area contributed by atoms with Crippen molar-refractivity contribution >= 4 is 23.3 Å². The van der Waals surface area contributed by atoms with Crippen molar-refractivity contribution in [3.05, 3.63) is 58.4 Å². The second-order valence-electron chi connectivity index (χ2n) is 9.20. The number of hydrogen-bond acceptors (Lipinski definition) is 7. The minimum atomic E-state index is -0.822. The topological polar surface area (TPSA) is 99.4 Å². The molecular formula is C28H33F2N3O6. The van der Waals surface area contributed by atoms with Gasteiger partial charge in [-0.1, -0.05) is 6.92 Å². The van der Waals surface area contributed by atoms with Gasteiger partial charge in [0.25, 0.3) is 0 Å². The SMILES string of the molecule is CCCC(=O)c1cc(F)c(-c2nc3cc(C)ccn3c2CC(=O)CN(CC(OC)OC)C(=O)OC)c(C)c1F. The van der Waals surface area contributed by atoms with Crippen LogP contribution in [0.15, 0.2) is 24.4 Å². The van der Waals surface area contributed by atoms with Gasteiger partial charge in [-0.2, -0.15) is 0 Å². The first-order chi connectivity index (χ1) is 18.6. The zero-order valence-corrected chi connectivity index (χ0v) is 23.0. The molecule has 210 valence electrons. The second kappa shape index (κ2) is 12.9. The molecule has 0 fully saturated rings. The highest BCUT2D eigenvalue weighted by atomic mass is 19.1. The van der Waals surface area contributed by atoms with Crippen LogP contribution < -0.4 is 0 Å². The monoisotopic (exact) mass is 545 g/mol. The molecule has 9 nitrogen and oxygen atoms in total. The summed E-state index contributed by atoms with van der Waals surface area (Å²) in [6, 6.07) is 4.44. The third-order valence-corrected chi connectivity index (χ3v) is 6.41. The van der Waals surface area contributed by atoms with Gasteiger partial charge in [0.05, 0.1) is 43.6 Å². The van der Waals surface area contributed by atoms with Crippen LogP contribution in [-0.2, 0) is 25.4 Å². The number of methoxy groups -OCH3 is 3. The molecule has 0 unspecified atom stereocenters. The molecule has 0 bridgehead atoms. The van der Waals surface area contributed by atoms with Crippen molar-refractivity contribution in [3.63, 3.8) is 0 Å². The van der Waals surface area contributed by atoms with Gasteiger partial charge in [-0.15, -0.1) is 0 Å². The van der Waals surface area contributed by atoms with E-state index in [0.717, 1.165) is 16.5 Å². The number of fused-ring (bicyclic) bond motifs is 1. The molecule has 0 saturated carbocycles. The van der Waals surface area contributed by atoms with Gasteiger partial charge in [0.15, 0.2) is 17.9 Å². The number of aryl methyl sites for hydroxylation is 1. The Morgan fingerprint density at radius 2 is 1.79 bits per heavy atom. The first kappa shape index (κ1) is 29.9. The molecule has 1 aromatic carbocycles. The molecule has 3 aromatic rings. The quantitative estimate of drug-likeness (QED) is 0.241. The van der Waals surface area contributed by atoms with E-state index in [-0.39, 0.29) is 48.3 Å². The summed E-state index contributed by atoms with van der Waals surface area (Å²) in [5.41, 5.74) is 1.17. The fourth-order valence-corrected chi connectivity index (χ4v) is 4.39. The molecule has 0 spiro atoms. The van der Waals surface area contributed by atoms with Crippen LogP contribution in [0.1, 0.15) is 46.9 Å². The van der Waals surface area contributed by atoms with Gasteiger partial charge < -0.3 is 18.6 Å². The Balaban J connectivity index is 2.08. The Morgan fingerprint density at radius 1 is 1.10 bits per heavy atom. The van der Waals surface area contributed by atoms with Crippen molar-refractivity contribution in [2.45, 2.75) is 46.3 Å². The number of rotatable bonds is 12. The van der Waals surface area contributed by atoms with E-state index < -0.39 is 35.6 Å². The number of hydrogen-bond donors (Lipinski definition) is 0. The first-order valence-electron chi connectivity index (χ1n) is 12.5. The molecule has 39 heavy (non-hydrogen) atoms. The van der Waals surface area contributed by atoms with Crippen LogP contribution in [0, 0.1) is 25.5 Å². The molecule has 11 heteroatoms. The molecule has 0 atom stereocenters. The highest BCUT2D eigenvalue weighted by Gasteiger charge is 2.28. The summed E-state index contributed by atoms with van der Waals surface area (Å²) in [5.74, 6) is -2.54. The molecule has 1 amide bonds. The smallest absolute Gasteiger partial charge is 0.410 e. The Morgan fingerprint density at radius 3 is 2.41 bits per heavy atom. The Kier molecular flexibility index (Phi) is 9.87. The maximum absolute atomic E-state index is 15.5. The highest BCUT2D eigenvalue weighted by molar-refractivity contribution is 5.97. The number of halogens is 2. The van der Waals surface area contributed by atoms with Gasteiger partial charge in [0, 0.05) is 32.4 Å². The Hall–Kier alpha value is -3.70. The number of benzene rings is 1. The average molecular weight is 546 g/mol. The number of amides is 1. The third kappa shape index (κ3) is 6.48. The van der Waals surface area contributed by atoms with Crippen molar-refractivity contribution in [2.75, 3.05) is 34.4 Å². The number of ether oxygens (including phenoxy) is 3. The number of carbonyl (C=O) groups excluding carboxylic acids is 3. The lowest BCUT2D eigenvalue weighted by Crippen LogP contribution is -2.42. The number of imidazole rings is 1. The number of carbonyl (C=O) groups is 3. The zero-order valence-electron chi connectivity index (χ0n) is 23.0. The van der Waals surface area contributed by atoms with E-state index in [0.29, 0.717) is 17.8 Å². The lowest BCUT2D eigenvalue weighted by atomic mass is 9.95. The lowest BCUT2D eigenvalue weighted by molar-refractivity contribution is -0.125. The molecule has 2 heterocycles. The van der Waals surface area contributed by atoms with E-state index in [1.165, 1.54) is 28.3 Å². The van der Waals surface area contributed by atoms with Crippen LogP contribution in [0.2, 0.25) is 0 Å². The summed E-state index contributed by atoms with van der Waals surface area (Å²) in [4.78, 5) is 43.6. The molecular weight excluding hydrogens is 512 g/mol. The number of ketones is 2. The van der Waals surface area contributed by atoms with Crippen LogP contribution in [0.3, 0.4) is 0 Å². The summed E-state index contributed by atoms with van der Waals surface area (Å²) in [6.45, 7) is 4.59. The van der Waals surface area contributed by atoms with E-state index in [2.05, 4.69) is 4.98 Å². The van der Waals surface area contributed by atoms with Crippen LogP contribution >= 0.6 is 0 Å². The van der Waals surface area contributed by atoms with E-state index in [9.17, 15) is 14.4 Å². The van der Waals surface area contributed by atoms with E-state index in [4.69, 9.17) is 14.2 Å². The molecule has 0 N–H and O–H groups in total. The minimum absolute atomic E-state index is 0.0726. The van der Waals surface area contributed by atoms with Gasteiger partial charge in [-0.25, -0.2) is 18.6 Å². The summed E-state index contributed by atoms with van der Waals surface area (Å²) >= 11 is 0. The maximum atomic E-state index is 15.5. The van der Waals surface area contributed by atoms with E-state index >= 15 is 8.78 Å². The van der Waals surface area contributed by atoms with Crippen molar-refractivity contribution in [3.8, 4) is 11.3 Å². The summed E-state index contributed by atoms with van der Waals surface area (Å²) in [7, 11) is 3.98. The predicted molar refractivity (Wildman–Crippen MR) is 140 cm³/mol. The molecule has 0 aliphatic heterocycles. The van der Waals surface area contributed by atoms with Gasteiger partial charge >= 0.3 is 6.09 Å². The van der Waals surface area contributed by atoms with Crippen molar-refractivity contribution in [2.24, 2.45) is 0 Å². The zero-order chi connectivity index (χ0) is 28.9. The molecule has 0 radical (unpaired) electrons. The van der Waals surface area contributed by atoms with E-state index in [1.54, 1.807) is 29.7 Å². The number of nitrogens with zero attached hydrogens (tertiary/aromatic N) is 3. The fraction of sp³-hybridized carbons (Fsp3) is 0.429. The van der Waals surface area contributed by atoms with Crippen LogP contribution in [0.5, 0.6) is 0 Å². The number of Topliss-reactive ketones (excluding diaryl/α,β-unsaturated/α-hetero) is 2. The van der Waals surface area contributed by atoms with Gasteiger partial charge in [0.2, 0.25) is 0 Å². The Labute approximate surface area is 225 Å². The molecule has 3 rings (SSSR count). The average Bonchev–Trinajstić information content (AvgIpc) is 3.24. The van der Waals surface area contributed by atoms with Crippen LogP contribution in [0.25, 0.3) is 16.9 Å². The van der Waals surface area contributed by atoms with Crippen LogP contribution in [-0.4, -0.2) is 72.7 Å². The summed E-state index contributed by atoms with van der Waals surface area (Å²) in [5, 5.41) is 0. The summed E-state index contributed by atoms with van der Waals surface area (Å²) < 4.78 is 47.6. The van der Waals surface area contributed by atoms with Crippen molar-refractivity contribution in [1.29, 1.82) is 0 Å². The van der Waals surface area contributed by atoms with Crippen LogP contribution in [0.4, 0.5) is 13.6 Å². The minimum Gasteiger partial charge on any atom is -0.453 e. The lowest BCUT2D eigenvalue weighted by Gasteiger charge is -2.24. The van der Waals surface area contributed by atoms with Crippen molar-refractivity contribution < 1.29 is 37.4 Å². The number of aromatic nitrogens is 2. The Bertz CT molecular complexity index is 1380. The fourth-order valence-electron chi connectivity index (χ4n) is 4.39. The second-order valence-corrected chi connectivity index (χ2v) is 9.20. The van der Waals surface area contributed by atoms with Gasteiger partial charge in [0.1, 0.15) is 17.3 Å². The highest BCUT2D eigenvalue weighted by Crippen LogP contribution is 2.34. The number of pyridine rings is 1. The maximum Gasteiger partial charge on any atom is 0.410 e. The largest absolute Gasteiger partial charge is 0.453 e. The predicted octanol–water partition coefficient (Wildman–Crippen LogP) is 4.68. The molecule has 0 aliphatic carbocycles. The first-order valence-corrected chi connectivity index (χ1v) is 12.5. The summed E-state index contributed by atoms with van der Waals surface area (Å²) in [6.07, 6.45) is 0.474. The molecule has 0 saturated heterocycles. The molecule has 0 aliphatic rings. The van der Waals surface area contributed by atoms with Crippen molar-refractivity contribution in [1.82, 2.24) is 14.3 Å². The van der Waals surface area contributed by atoms with E-state index in [1.807, 2.05) is 6.92 Å². The molecule has 2 aromatic heterocycles. The van der Waals surface area contributed by atoms with Gasteiger partial charge in [-0.05, 0) is 49.6 Å². The third-order valence-electron chi connectivity index (χ3n) is 6.41. The normalized spacial score (nSPS) is 11.3. The van der Waals surface area contributed by atoms with Gasteiger partial charge in [-0.3, -0.25) is 14.5 Å². The standard InChI is InChI=1S/C28H33F2N3O6/c1-7-8-22(35)19-13-20(29)25(17(3)26(19)30)27-21(33-10-9-16(2)11-23(33)31-27)12-18(34)14-32(28(36)39-6)15-24(37-4)38-5/h9-11,13,24H,7-8,12,14-15H2,1-6H3.